The summed E-state index contributed by atoms with van der Waals surface area (Å²) in [4.78, 5) is 4.78. The lowest BCUT2D eigenvalue weighted by Crippen LogP contribution is -2.44. The number of anilines is 1. The average Bonchev–Trinajstić information content (AvgIpc) is 2.89. The van der Waals surface area contributed by atoms with E-state index in [2.05, 4.69) is 40.8 Å². The molecule has 1 fully saturated rings. The van der Waals surface area contributed by atoms with Crippen molar-refractivity contribution in [2.75, 3.05) is 5.73 Å². The van der Waals surface area contributed by atoms with Crippen molar-refractivity contribution < 1.29 is 8.84 Å². The summed E-state index contributed by atoms with van der Waals surface area (Å²) in [6.07, 6.45) is 4.90. The first-order valence-corrected chi connectivity index (χ1v) is 12.4. The van der Waals surface area contributed by atoms with Gasteiger partial charge in [-0.25, -0.2) is 4.98 Å². The molecule has 3 rings (SSSR count). The summed E-state index contributed by atoms with van der Waals surface area (Å²) in [6, 6.07) is 3.84. The van der Waals surface area contributed by atoms with Crippen LogP contribution in [0.2, 0.25) is 18.1 Å². The van der Waals surface area contributed by atoms with Crippen LogP contribution in [0.3, 0.4) is 0 Å². The van der Waals surface area contributed by atoms with Crippen molar-refractivity contribution in [3.05, 3.63) is 18.0 Å². The van der Waals surface area contributed by atoms with Gasteiger partial charge < -0.3 is 14.6 Å². The Labute approximate surface area is 152 Å². The fourth-order valence-electron chi connectivity index (χ4n) is 3.34. The smallest absolute Gasteiger partial charge is 0.250 e. The SMILES string of the molecule is CC1CCCC(c2nc3cc(O[Si](C)(C)C(C)(C)C)c(N)cc3o2)C1. The third kappa shape index (κ3) is 3.71. The first-order chi connectivity index (χ1) is 11.6. The summed E-state index contributed by atoms with van der Waals surface area (Å²) in [7, 11) is -1.94. The summed E-state index contributed by atoms with van der Waals surface area (Å²) >= 11 is 0. The number of hydrogen-bond donors (Lipinski definition) is 1. The third-order valence-electron chi connectivity index (χ3n) is 5.99. The predicted molar refractivity (Wildman–Crippen MR) is 107 cm³/mol. The summed E-state index contributed by atoms with van der Waals surface area (Å²) in [6.45, 7) is 13.5. The molecule has 2 unspecified atom stereocenters. The normalized spacial score (nSPS) is 22.3. The second-order valence-electron chi connectivity index (χ2n) is 9.24. The Hall–Kier alpha value is -1.49. The first-order valence-electron chi connectivity index (χ1n) is 9.46. The van der Waals surface area contributed by atoms with E-state index < -0.39 is 8.32 Å². The predicted octanol–water partition coefficient (Wildman–Crippen LogP) is 6.09. The van der Waals surface area contributed by atoms with E-state index in [-0.39, 0.29) is 5.04 Å². The molecule has 138 valence electrons. The van der Waals surface area contributed by atoms with Crippen LogP contribution in [0.5, 0.6) is 5.75 Å². The molecule has 4 nitrogen and oxygen atoms in total. The first kappa shape index (κ1) is 18.3. The quantitative estimate of drug-likeness (QED) is 0.531. The van der Waals surface area contributed by atoms with Gasteiger partial charge in [0.1, 0.15) is 11.3 Å². The number of rotatable bonds is 3. The van der Waals surface area contributed by atoms with E-state index in [9.17, 15) is 0 Å². The molecule has 1 aliphatic rings. The van der Waals surface area contributed by atoms with E-state index in [1.165, 1.54) is 19.3 Å². The molecule has 2 N–H and O–H groups in total. The molecular formula is C20H32N2O2Si. The van der Waals surface area contributed by atoms with Crippen LogP contribution in [0.1, 0.15) is 65.2 Å². The maximum Gasteiger partial charge on any atom is 0.250 e. The van der Waals surface area contributed by atoms with Crippen molar-refractivity contribution in [2.24, 2.45) is 5.92 Å². The molecule has 0 spiro atoms. The van der Waals surface area contributed by atoms with Gasteiger partial charge in [0.15, 0.2) is 11.5 Å². The van der Waals surface area contributed by atoms with Crippen molar-refractivity contribution in [1.29, 1.82) is 0 Å². The molecule has 0 saturated heterocycles. The molecule has 1 aromatic heterocycles. The Morgan fingerprint density at radius 3 is 2.60 bits per heavy atom. The highest BCUT2D eigenvalue weighted by Crippen LogP contribution is 2.41. The van der Waals surface area contributed by atoms with Crippen molar-refractivity contribution in [3.8, 4) is 5.75 Å². The van der Waals surface area contributed by atoms with Crippen LogP contribution >= 0.6 is 0 Å². The lowest BCUT2D eigenvalue weighted by Gasteiger charge is -2.36. The standard InChI is InChI=1S/C20H32N2O2Si/c1-13-8-7-9-14(10-13)19-22-16-12-17(15(21)11-18(16)23-19)24-25(5,6)20(2,3)4/h11-14H,7-10,21H2,1-6H3. The number of fused-ring (bicyclic) bond motifs is 1. The maximum absolute atomic E-state index is 6.41. The molecular weight excluding hydrogens is 328 g/mol. The number of aromatic nitrogens is 1. The third-order valence-corrected chi connectivity index (χ3v) is 10.3. The number of nitrogens with two attached hydrogens (primary N) is 1. The van der Waals surface area contributed by atoms with Crippen molar-refractivity contribution in [2.45, 2.75) is 77.4 Å². The highest BCUT2D eigenvalue weighted by Gasteiger charge is 2.39. The molecule has 2 atom stereocenters. The van der Waals surface area contributed by atoms with Crippen molar-refractivity contribution >= 4 is 25.1 Å². The van der Waals surface area contributed by atoms with Crippen LogP contribution in [-0.2, 0) is 0 Å². The Morgan fingerprint density at radius 2 is 1.96 bits per heavy atom. The summed E-state index contributed by atoms with van der Waals surface area (Å²) < 4.78 is 12.5. The van der Waals surface area contributed by atoms with Gasteiger partial charge in [-0.1, -0.05) is 40.5 Å². The number of benzene rings is 1. The zero-order valence-electron chi connectivity index (χ0n) is 16.5. The fourth-order valence-corrected chi connectivity index (χ4v) is 4.37. The minimum atomic E-state index is -1.94. The van der Waals surface area contributed by atoms with Gasteiger partial charge in [-0.3, -0.25) is 0 Å². The molecule has 0 amide bonds. The number of hydrogen-bond acceptors (Lipinski definition) is 4. The van der Waals surface area contributed by atoms with Crippen LogP contribution in [-0.4, -0.2) is 13.3 Å². The van der Waals surface area contributed by atoms with Gasteiger partial charge in [-0.15, -0.1) is 0 Å². The van der Waals surface area contributed by atoms with Gasteiger partial charge in [0.2, 0.25) is 0 Å². The Bertz CT molecular complexity index is 761. The zero-order chi connectivity index (χ0) is 18.4. The minimum Gasteiger partial charge on any atom is -0.542 e. The van der Waals surface area contributed by atoms with Crippen LogP contribution in [0.4, 0.5) is 5.69 Å². The summed E-state index contributed by atoms with van der Waals surface area (Å²) in [5.41, 5.74) is 8.52. The van der Waals surface area contributed by atoms with E-state index in [1.54, 1.807) is 0 Å². The van der Waals surface area contributed by atoms with Gasteiger partial charge in [0, 0.05) is 18.1 Å². The summed E-state index contributed by atoms with van der Waals surface area (Å²) in [5, 5.41) is 0.127. The van der Waals surface area contributed by atoms with Crippen molar-refractivity contribution in [3.63, 3.8) is 0 Å². The van der Waals surface area contributed by atoms with Crippen LogP contribution < -0.4 is 10.2 Å². The molecule has 1 heterocycles. The lowest BCUT2D eigenvalue weighted by molar-refractivity contribution is 0.306. The van der Waals surface area contributed by atoms with E-state index in [0.717, 1.165) is 35.1 Å². The van der Waals surface area contributed by atoms with Gasteiger partial charge in [0.25, 0.3) is 8.32 Å². The molecule has 25 heavy (non-hydrogen) atoms. The summed E-state index contributed by atoms with van der Waals surface area (Å²) in [5.74, 6) is 2.79. The second-order valence-corrected chi connectivity index (χ2v) is 14.0. The molecule has 2 aromatic rings. The average molecular weight is 361 g/mol. The monoisotopic (exact) mass is 360 g/mol. The topological polar surface area (TPSA) is 61.3 Å². The molecule has 0 aliphatic heterocycles. The molecule has 0 bridgehead atoms. The fraction of sp³-hybridized carbons (Fsp3) is 0.650. The second kappa shape index (κ2) is 6.34. The van der Waals surface area contributed by atoms with Crippen molar-refractivity contribution in [1.82, 2.24) is 4.98 Å². The molecule has 1 aromatic carbocycles. The number of nitrogens with zero attached hydrogens (tertiary/aromatic N) is 1. The maximum atomic E-state index is 6.41. The highest BCUT2D eigenvalue weighted by atomic mass is 28.4. The molecule has 1 aliphatic carbocycles. The van der Waals surface area contributed by atoms with Gasteiger partial charge >= 0.3 is 0 Å². The molecule has 1 saturated carbocycles. The number of nitrogen functional groups attached to an aromatic ring is 1. The van der Waals surface area contributed by atoms with Crippen LogP contribution in [0.25, 0.3) is 11.1 Å². The van der Waals surface area contributed by atoms with E-state index in [1.807, 2.05) is 12.1 Å². The van der Waals surface area contributed by atoms with Gasteiger partial charge in [-0.05, 0) is 36.9 Å². The Balaban J connectivity index is 1.91. The van der Waals surface area contributed by atoms with Gasteiger partial charge in [0.05, 0.1) is 5.69 Å². The Morgan fingerprint density at radius 1 is 1.24 bits per heavy atom. The highest BCUT2D eigenvalue weighted by molar-refractivity contribution is 6.74. The van der Waals surface area contributed by atoms with E-state index >= 15 is 0 Å². The Kier molecular flexibility index (Phi) is 4.64. The van der Waals surface area contributed by atoms with Gasteiger partial charge in [-0.2, -0.15) is 0 Å². The van der Waals surface area contributed by atoms with Crippen LogP contribution in [0.15, 0.2) is 16.5 Å². The lowest BCUT2D eigenvalue weighted by atomic mass is 9.82. The minimum absolute atomic E-state index is 0.127. The molecule has 0 radical (unpaired) electrons. The van der Waals surface area contributed by atoms with E-state index in [4.69, 9.17) is 19.6 Å². The van der Waals surface area contributed by atoms with E-state index in [0.29, 0.717) is 11.6 Å². The number of oxazole rings is 1. The molecule has 5 heteroatoms. The zero-order valence-corrected chi connectivity index (χ0v) is 17.5. The van der Waals surface area contributed by atoms with Crippen LogP contribution in [0, 0.1) is 5.92 Å². The largest absolute Gasteiger partial charge is 0.542 e.